The third kappa shape index (κ3) is 13.0. The minimum atomic E-state index is -2.74. The van der Waals surface area contributed by atoms with Gasteiger partial charge < -0.3 is 28.1 Å². The summed E-state index contributed by atoms with van der Waals surface area (Å²) in [6, 6.07) is 34.5. The van der Waals surface area contributed by atoms with Crippen molar-refractivity contribution in [2.45, 2.75) is 136 Å². The molecule has 1 unspecified atom stereocenters. The van der Waals surface area contributed by atoms with Gasteiger partial charge in [0.05, 0.1) is 32.0 Å². The fourth-order valence-corrected chi connectivity index (χ4v) is 13.6. The number of rotatable bonds is 19. The van der Waals surface area contributed by atoms with Gasteiger partial charge in [0.2, 0.25) is 0 Å². The third-order valence-corrected chi connectivity index (χ3v) is 18.1. The van der Waals surface area contributed by atoms with Crippen LogP contribution in [0.1, 0.15) is 87.0 Å². The first-order valence-corrected chi connectivity index (χ1v) is 27.4. The normalized spacial score (nSPS) is 18.1. The number of aryl methyl sites for hydroxylation is 2. The first-order valence-electron chi connectivity index (χ1n) is 21.8. The maximum Gasteiger partial charge on any atom is 0.338 e. The lowest BCUT2D eigenvalue weighted by Gasteiger charge is -2.44. The number of benzene rings is 4. The van der Waals surface area contributed by atoms with E-state index in [-0.39, 0.29) is 23.2 Å². The van der Waals surface area contributed by atoms with Crippen LogP contribution >= 0.6 is 0 Å². The summed E-state index contributed by atoms with van der Waals surface area (Å²) in [4.78, 5) is 13.4. The predicted molar refractivity (Wildman–Crippen MR) is 255 cm³/mol. The molecule has 0 aromatic heterocycles. The van der Waals surface area contributed by atoms with Gasteiger partial charge >= 0.3 is 5.97 Å². The van der Waals surface area contributed by atoms with Gasteiger partial charge in [-0.15, -0.1) is 0 Å². The predicted octanol–water partition coefficient (Wildman–Crippen LogP) is 11.2. The van der Waals surface area contributed by atoms with E-state index >= 15 is 0 Å². The number of methoxy groups -OCH3 is 1. The Morgan fingerprint density at radius 3 is 2.07 bits per heavy atom. The fourth-order valence-electron chi connectivity index (χ4n) is 8.21. The molecule has 0 bridgehead atoms. The highest BCUT2D eigenvalue weighted by atomic mass is 28.4. The highest BCUT2D eigenvalue weighted by Crippen LogP contribution is 2.38. The van der Waals surface area contributed by atoms with Crippen molar-refractivity contribution in [1.29, 1.82) is 0 Å². The molecule has 1 heterocycles. The van der Waals surface area contributed by atoms with Gasteiger partial charge in [0.15, 0.2) is 5.79 Å². The zero-order valence-electron chi connectivity index (χ0n) is 38.7. The third-order valence-electron chi connectivity index (χ3n) is 11.2. The van der Waals surface area contributed by atoms with E-state index in [4.69, 9.17) is 28.1 Å². The molecule has 0 N–H and O–H groups in total. The van der Waals surface area contributed by atoms with Crippen molar-refractivity contribution in [3.63, 3.8) is 0 Å². The molecule has 9 heteroatoms. The van der Waals surface area contributed by atoms with E-state index in [9.17, 15) is 4.79 Å². The minimum Gasteiger partial charge on any atom is -0.497 e. The summed E-state index contributed by atoms with van der Waals surface area (Å²) in [6.07, 6.45) is 8.39. The van der Waals surface area contributed by atoms with Crippen molar-refractivity contribution >= 4 is 38.8 Å². The second-order valence-corrected chi connectivity index (χ2v) is 29.0. The van der Waals surface area contributed by atoms with Gasteiger partial charge in [0.25, 0.3) is 8.32 Å². The van der Waals surface area contributed by atoms with Crippen LogP contribution in [0.25, 0.3) is 6.08 Å². The Bertz CT molecular complexity index is 2030. The lowest BCUT2D eigenvalue weighted by atomic mass is 9.97. The number of esters is 1. The lowest BCUT2D eigenvalue weighted by Crippen LogP contribution is -2.67. The van der Waals surface area contributed by atoms with E-state index in [2.05, 4.69) is 133 Å². The molecule has 7 nitrogen and oxygen atoms in total. The molecule has 1 aliphatic heterocycles. The summed E-state index contributed by atoms with van der Waals surface area (Å²) in [5, 5.41) is 2.38. The number of carbonyl (C=O) groups excluding carboxylic acids is 1. The maximum absolute atomic E-state index is 13.4. The largest absolute Gasteiger partial charge is 0.497 e. The summed E-state index contributed by atoms with van der Waals surface area (Å²) in [5.74, 6) is -0.313. The molecule has 0 spiro atoms. The molecular weight excluding hydrogens is 793 g/mol. The summed E-state index contributed by atoms with van der Waals surface area (Å²) in [5.41, 5.74) is 4.46. The van der Waals surface area contributed by atoms with Gasteiger partial charge in [-0.05, 0) is 97.7 Å². The average molecular weight is 863 g/mol. The Balaban J connectivity index is 1.40. The lowest BCUT2D eigenvalue weighted by molar-refractivity contribution is -0.156. The van der Waals surface area contributed by atoms with Crippen LogP contribution in [0.2, 0.25) is 30.7 Å². The molecule has 4 aromatic rings. The van der Waals surface area contributed by atoms with E-state index < -0.39 is 34.4 Å². The number of ether oxygens (including phenoxy) is 5. The van der Waals surface area contributed by atoms with Gasteiger partial charge in [0.1, 0.15) is 18.0 Å². The first-order chi connectivity index (χ1) is 28.8. The fraction of sp³-hybridized carbons (Fsp3) is 0.442. The van der Waals surface area contributed by atoms with E-state index in [0.717, 1.165) is 34.0 Å². The minimum absolute atomic E-state index is 0.0880. The molecule has 1 saturated heterocycles. The molecule has 0 saturated carbocycles. The van der Waals surface area contributed by atoms with E-state index in [1.54, 1.807) is 7.11 Å². The zero-order valence-corrected chi connectivity index (χ0v) is 40.7. The number of hydrogen-bond acceptors (Lipinski definition) is 7. The summed E-state index contributed by atoms with van der Waals surface area (Å²) >= 11 is 0. The van der Waals surface area contributed by atoms with E-state index in [0.29, 0.717) is 31.6 Å². The molecule has 1 fully saturated rings. The van der Waals surface area contributed by atoms with Crippen molar-refractivity contribution in [1.82, 2.24) is 0 Å². The molecule has 4 atom stereocenters. The number of carbonyl (C=O) groups is 1. The van der Waals surface area contributed by atoms with Crippen molar-refractivity contribution < 1.29 is 32.9 Å². The van der Waals surface area contributed by atoms with Crippen LogP contribution in [0.4, 0.5) is 0 Å². The zero-order chi connectivity index (χ0) is 44.4. The van der Waals surface area contributed by atoms with Crippen LogP contribution < -0.4 is 15.1 Å². The quantitative estimate of drug-likeness (QED) is 0.0528. The van der Waals surface area contributed by atoms with Gasteiger partial charge in [-0.25, -0.2) is 4.79 Å². The smallest absolute Gasteiger partial charge is 0.338 e. The van der Waals surface area contributed by atoms with Gasteiger partial charge in [-0.3, -0.25) is 0 Å². The van der Waals surface area contributed by atoms with Crippen LogP contribution in [-0.4, -0.2) is 66.3 Å². The molecule has 61 heavy (non-hydrogen) atoms. The first kappa shape index (κ1) is 47.9. The highest BCUT2D eigenvalue weighted by molar-refractivity contribution is 6.99. The van der Waals surface area contributed by atoms with E-state index in [1.807, 2.05) is 63.2 Å². The van der Waals surface area contributed by atoms with Crippen molar-refractivity contribution in [2.75, 3.05) is 13.7 Å². The molecule has 0 radical (unpaired) electrons. The monoisotopic (exact) mass is 862 g/mol. The van der Waals surface area contributed by atoms with Crippen molar-refractivity contribution in [3.8, 4) is 5.75 Å². The van der Waals surface area contributed by atoms with Crippen LogP contribution in [0.3, 0.4) is 0 Å². The van der Waals surface area contributed by atoms with Crippen LogP contribution in [0.15, 0.2) is 115 Å². The number of hydrogen-bond donors (Lipinski definition) is 0. The Hall–Kier alpha value is -4.10. The van der Waals surface area contributed by atoms with Crippen molar-refractivity contribution in [2.24, 2.45) is 0 Å². The molecular formula is C52H70O7Si2. The molecule has 328 valence electrons. The van der Waals surface area contributed by atoms with Crippen molar-refractivity contribution in [3.05, 3.63) is 143 Å². The van der Waals surface area contributed by atoms with Gasteiger partial charge in [-0.2, -0.15) is 0 Å². The van der Waals surface area contributed by atoms with Crippen LogP contribution in [0, 0.1) is 13.8 Å². The summed E-state index contributed by atoms with van der Waals surface area (Å²) in [7, 11) is -2.43. The Morgan fingerprint density at radius 2 is 1.49 bits per heavy atom. The van der Waals surface area contributed by atoms with Crippen LogP contribution in [-0.2, 0) is 30.0 Å². The molecule has 1 aliphatic rings. The Labute approximate surface area is 368 Å². The van der Waals surface area contributed by atoms with Gasteiger partial charge in [0, 0.05) is 14.2 Å². The molecule has 0 amide bonds. The van der Waals surface area contributed by atoms with E-state index in [1.165, 1.54) is 10.4 Å². The standard InChI is InChI=1S/C52H70O7Si2/c1-38-35-39(2)48(50(53)55-33-34-60(10,11)12)42(36-38)22-20-28-47-49(58-52(7,8)57-47)46(56-37-41-29-31-43(54-9)32-30-41)27-19-21-40(3)59-61(51(4,5)6,44-23-15-13-16-24-44)45-25-17-14-18-26-45/h13-20,22-27,29-32,35-36,40,46-47,49H,21,28,33-34,37H2,1-12H3/b22-20+,27-19-/t40-,46?,47+,49+/m0/s1. The highest BCUT2D eigenvalue weighted by Gasteiger charge is 2.51. The Morgan fingerprint density at radius 1 is 0.869 bits per heavy atom. The van der Waals surface area contributed by atoms with Gasteiger partial charge in [-0.1, -0.05) is 155 Å². The van der Waals surface area contributed by atoms with Crippen LogP contribution in [0.5, 0.6) is 5.75 Å². The molecule has 0 aliphatic carbocycles. The topological polar surface area (TPSA) is 72.5 Å². The summed E-state index contributed by atoms with van der Waals surface area (Å²) < 4.78 is 38.6. The average Bonchev–Trinajstić information content (AvgIpc) is 3.51. The Kier molecular flexibility index (Phi) is 16.4. The maximum atomic E-state index is 13.4. The SMILES string of the molecule is COc1ccc(COC(/C=C\C[C@H](C)O[Si](c2ccccc2)(c2ccccc2)C(C)(C)C)[C@H]2OC(C)(C)O[C@@H]2C/C=C/c2cc(C)cc(C)c2C(=O)OCC[Si](C)(C)C)cc1. The summed E-state index contributed by atoms with van der Waals surface area (Å²) in [6.45, 7) is 24.7. The second kappa shape index (κ2) is 20.8. The molecule has 4 aromatic carbocycles. The second-order valence-electron chi connectivity index (χ2n) is 19.1. The molecule has 5 rings (SSSR count).